The van der Waals surface area contributed by atoms with E-state index in [0.29, 0.717) is 29.9 Å². The monoisotopic (exact) mass is 351 g/mol. The maximum atomic E-state index is 12.0. The number of benzene rings is 2. The molecule has 0 atom stereocenters. The zero-order valence-corrected chi connectivity index (χ0v) is 14.2. The van der Waals surface area contributed by atoms with Crippen LogP contribution in [0.3, 0.4) is 0 Å². The molecule has 1 aliphatic heterocycles. The molecule has 0 amide bonds. The topological polar surface area (TPSA) is 96.6 Å². The number of carbonyl (C=O) groups excluding carboxylic acids is 1. The number of aromatic nitrogens is 2. The van der Waals surface area contributed by atoms with Crippen LogP contribution < -0.4 is 15.2 Å². The van der Waals surface area contributed by atoms with Crippen LogP contribution in [0, 0.1) is 0 Å². The first-order valence-electron chi connectivity index (χ1n) is 8.26. The minimum atomic E-state index is -0.375. The van der Waals surface area contributed by atoms with Crippen molar-refractivity contribution in [1.29, 1.82) is 0 Å². The number of nitrogens with two attached hydrogens (primary N) is 1. The van der Waals surface area contributed by atoms with Gasteiger partial charge in [-0.25, -0.2) is 14.8 Å². The SMILES string of the molecule is CCOC(=O)c1ccc2nc(N)nc(Cc3ccc4c(c3)OCO4)c2c1. The zero-order valence-electron chi connectivity index (χ0n) is 14.2. The van der Waals surface area contributed by atoms with E-state index in [4.69, 9.17) is 19.9 Å². The minimum absolute atomic E-state index is 0.192. The van der Waals surface area contributed by atoms with Gasteiger partial charge in [-0.15, -0.1) is 0 Å². The highest BCUT2D eigenvalue weighted by Crippen LogP contribution is 2.33. The van der Waals surface area contributed by atoms with E-state index < -0.39 is 0 Å². The normalized spacial score (nSPS) is 12.3. The average molecular weight is 351 g/mol. The van der Waals surface area contributed by atoms with Crippen LogP contribution in [0.1, 0.15) is 28.5 Å². The molecule has 0 saturated heterocycles. The molecule has 2 heterocycles. The molecule has 7 nitrogen and oxygen atoms in total. The third-order valence-corrected chi connectivity index (χ3v) is 4.11. The smallest absolute Gasteiger partial charge is 0.338 e. The fraction of sp³-hybridized carbons (Fsp3) is 0.211. The van der Waals surface area contributed by atoms with Gasteiger partial charge in [0, 0.05) is 11.8 Å². The van der Waals surface area contributed by atoms with Crippen LogP contribution in [0.15, 0.2) is 36.4 Å². The van der Waals surface area contributed by atoms with E-state index in [1.54, 1.807) is 25.1 Å². The van der Waals surface area contributed by atoms with Crippen molar-refractivity contribution in [3.63, 3.8) is 0 Å². The zero-order chi connectivity index (χ0) is 18.1. The Kier molecular flexibility index (Phi) is 4.04. The lowest BCUT2D eigenvalue weighted by Gasteiger charge is -2.09. The number of ether oxygens (including phenoxy) is 3. The highest BCUT2D eigenvalue weighted by Gasteiger charge is 2.16. The summed E-state index contributed by atoms with van der Waals surface area (Å²) in [4.78, 5) is 20.7. The summed E-state index contributed by atoms with van der Waals surface area (Å²) in [6.45, 7) is 2.32. The second-order valence-corrected chi connectivity index (χ2v) is 5.85. The molecule has 132 valence electrons. The van der Waals surface area contributed by atoms with Crippen molar-refractivity contribution < 1.29 is 19.0 Å². The molecule has 1 aliphatic rings. The second kappa shape index (κ2) is 6.51. The minimum Gasteiger partial charge on any atom is -0.462 e. The molecule has 1 aromatic heterocycles. The van der Waals surface area contributed by atoms with Crippen molar-refractivity contribution in [1.82, 2.24) is 9.97 Å². The fourth-order valence-electron chi connectivity index (χ4n) is 2.93. The fourth-order valence-corrected chi connectivity index (χ4v) is 2.93. The molecule has 4 rings (SSSR count). The van der Waals surface area contributed by atoms with Gasteiger partial charge in [0.15, 0.2) is 11.5 Å². The summed E-state index contributed by atoms with van der Waals surface area (Å²) in [5.41, 5.74) is 8.72. The first kappa shape index (κ1) is 16.1. The summed E-state index contributed by atoms with van der Waals surface area (Å²) in [7, 11) is 0. The van der Waals surface area contributed by atoms with Gasteiger partial charge in [-0.1, -0.05) is 6.07 Å². The molecule has 2 aromatic carbocycles. The van der Waals surface area contributed by atoms with Crippen LogP contribution >= 0.6 is 0 Å². The van der Waals surface area contributed by atoms with E-state index in [9.17, 15) is 4.79 Å². The van der Waals surface area contributed by atoms with Crippen LogP contribution in [-0.2, 0) is 11.2 Å². The Hall–Kier alpha value is -3.35. The van der Waals surface area contributed by atoms with Crippen molar-refractivity contribution in [3.05, 3.63) is 53.2 Å². The maximum Gasteiger partial charge on any atom is 0.338 e. The number of nitrogens with zero attached hydrogens (tertiary/aromatic N) is 2. The summed E-state index contributed by atoms with van der Waals surface area (Å²) in [5.74, 6) is 1.25. The molecule has 2 N–H and O–H groups in total. The van der Waals surface area contributed by atoms with Gasteiger partial charge in [-0.2, -0.15) is 0 Å². The van der Waals surface area contributed by atoms with Crippen LogP contribution in [0.25, 0.3) is 10.9 Å². The van der Waals surface area contributed by atoms with Gasteiger partial charge in [0.05, 0.1) is 23.4 Å². The highest BCUT2D eigenvalue weighted by molar-refractivity contribution is 5.95. The van der Waals surface area contributed by atoms with E-state index >= 15 is 0 Å². The Labute approximate surface area is 149 Å². The van der Waals surface area contributed by atoms with Gasteiger partial charge in [0.1, 0.15) is 0 Å². The van der Waals surface area contributed by atoms with Gasteiger partial charge in [0.2, 0.25) is 12.7 Å². The molecule has 0 fully saturated rings. The van der Waals surface area contributed by atoms with Gasteiger partial charge in [-0.3, -0.25) is 0 Å². The van der Waals surface area contributed by atoms with Gasteiger partial charge >= 0.3 is 5.97 Å². The maximum absolute atomic E-state index is 12.0. The summed E-state index contributed by atoms with van der Waals surface area (Å²) >= 11 is 0. The van der Waals surface area contributed by atoms with Crippen molar-refractivity contribution in [2.24, 2.45) is 0 Å². The lowest BCUT2D eigenvalue weighted by Crippen LogP contribution is -2.06. The van der Waals surface area contributed by atoms with E-state index in [1.807, 2.05) is 18.2 Å². The summed E-state index contributed by atoms with van der Waals surface area (Å²) < 4.78 is 15.8. The van der Waals surface area contributed by atoms with E-state index in [1.165, 1.54) is 0 Å². The molecule has 0 radical (unpaired) electrons. The summed E-state index contributed by atoms with van der Waals surface area (Å²) in [5, 5.41) is 0.766. The number of anilines is 1. The van der Waals surface area contributed by atoms with Gasteiger partial charge in [0.25, 0.3) is 0 Å². The Morgan fingerprint density at radius 2 is 2.00 bits per heavy atom. The molecule has 0 unspecified atom stereocenters. The molecule has 26 heavy (non-hydrogen) atoms. The number of carbonyl (C=O) groups is 1. The molecule has 0 saturated carbocycles. The van der Waals surface area contributed by atoms with Crippen LogP contribution in [0.2, 0.25) is 0 Å². The Balaban J connectivity index is 1.75. The molecule has 0 aliphatic carbocycles. The molecular formula is C19H17N3O4. The van der Waals surface area contributed by atoms with E-state index in [-0.39, 0.29) is 18.7 Å². The lowest BCUT2D eigenvalue weighted by atomic mass is 10.0. The largest absolute Gasteiger partial charge is 0.462 e. The molecular weight excluding hydrogens is 334 g/mol. The van der Waals surface area contributed by atoms with Crippen LogP contribution in [0.5, 0.6) is 11.5 Å². The molecule has 3 aromatic rings. The highest BCUT2D eigenvalue weighted by atomic mass is 16.7. The van der Waals surface area contributed by atoms with Crippen molar-refractivity contribution in [2.75, 3.05) is 19.1 Å². The average Bonchev–Trinajstić information content (AvgIpc) is 3.09. The quantitative estimate of drug-likeness (QED) is 0.722. The number of esters is 1. The standard InChI is InChI=1S/C19H17N3O4/c1-2-24-18(23)12-4-5-14-13(9-12)15(22-19(20)21-14)7-11-3-6-16-17(8-11)26-10-25-16/h3-6,8-9H,2,7,10H2,1H3,(H2,20,21,22). The number of hydrogen-bond donors (Lipinski definition) is 1. The van der Waals surface area contributed by atoms with Crippen LogP contribution in [-0.4, -0.2) is 29.3 Å². The predicted octanol–water partition coefficient (Wildman–Crippen LogP) is 2.71. The van der Waals surface area contributed by atoms with Crippen LogP contribution in [0.4, 0.5) is 5.95 Å². The van der Waals surface area contributed by atoms with Crippen molar-refractivity contribution in [2.45, 2.75) is 13.3 Å². The second-order valence-electron chi connectivity index (χ2n) is 5.85. The van der Waals surface area contributed by atoms with Crippen molar-refractivity contribution >= 4 is 22.8 Å². The third kappa shape index (κ3) is 2.99. The number of fused-ring (bicyclic) bond motifs is 2. The summed E-state index contributed by atoms with van der Waals surface area (Å²) in [6.07, 6.45) is 0.520. The first-order valence-corrected chi connectivity index (χ1v) is 8.26. The Bertz CT molecular complexity index is 1000. The van der Waals surface area contributed by atoms with Gasteiger partial charge in [-0.05, 0) is 42.8 Å². The Morgan fingerprint density at radius 3 is 2.85 bits per heavy atom. The number of nitrogen functional groups attached to an aromatic ring is 1. The Morgan fingerprint density at radius 1 is 1.15 bits per heavy atom. The van der Waals surface area contributed by atoms with E-state index in [0.717, 1.165) is 22.4 Å². The lowest BCUT2D eigenvalue weighted by molar-refractivity contribution is 0.0526. The molecule has 0 bridgehead atoms. The summed E-state index contributed by atoms with van der Waals surface area (Å²) in [6, 6.07) is 10.9. The molecule has 7 heteroatoms. The van der Waals surface area contributed by atoms with E-state index in [2.05, 4.69) is 9.97 Å². The molecule has 0 spiro atoms. The van der Waals surface area contributed by atoms with Gasteiger partial charge < -0.3 is 19.9 Å². The number of hydrogen-bond acceptors (Lipinski definition) is 7. The first-order chi connectivity index (χ1) is 12.6. The predicted molar refractivity (Wildman–Crippen MR) is 95.3 cm³/mol. The van der Waals surface area contributed by atoms with Crippen molar-refractivity contribution in [3.8, 4) is 11.5 Å². The third-order valence-electron chi connectivity index (χ3n) is 4.11. The number of rotatable bonds is 4.